The first-order valence-electron chi connectivity index (χ1n) is 5.32. The lowest BCUT2D eigenvalue weighted by Crippen LogP contribution is -2.46. The lowest BCUT2D eigenvalue weighted by Gasteiger charge is -2.24. The van der Waals surface area contributed by atoms with Crippen molar-refractivity contribution in [3.8, 4) is 0 Å². The molecule has 1 saturated heterocycles. The zero-order valence-corrected chi connectivity index (χ0v) is 9.94. The molecular weight excluding hydrogens is 242 g/mol. The van der Waals surface area contributed by atoms with E-state index in [0.29, 0.717) is 18.0 Å². The zero-order valence-electron chi connectivity index (χ0n) is 9.19. The highest BCUT2D eigenvalue weighted by Gasteiger charge is 2.25. The maximum atomic E-state index is 11.4. The molecule has 0 spiro atoms. The number of rotatable bonds is 3. The van der Waals surface area contributed by atoms with Crippen molar-refractivity contribution in [2.24, 2.45) is 0 Å². The molecule has 0 radical (unpaired) electrons. The molecule has 1 fully saturated rings. The summed E-state index contributed by atoms with van der Waals surface area (Å²) in [4.78, 5) is 24.1. The second-order valence-electron chi connectivity index (χ2n) is 3.81. The molecule has 90 valence electrons. The monoisotopic (exact) mass is 253 g/mol. The highest BCUT2D eigenvalue weighted by molar-refractivity contribution is 6.30. The summed E-state index contributed by atoms with van der Waals surface area (Å²) in [7, 11) is 0. The van der Waals surface area contributed by atoms with E-state index in [2.05, 4.69) is 0 Å². The van der Waals surface area contributed by atoms with Gasteiger partial charge >= 0.3 is 0 Å². The van der Waals surface area contributed by atoms with Crippen LogP contribution in [0.15, 0.2) is 24.3 Å². The molecule has 2 rings (SSSR count). The fraction of sp³-hybridized carbons (Fsp3) is 0.333. The first kappa shape index (κ1) is 12.1. The second-order valence-corrected chi connectivity index (χ2v) is 4.24. The van der Waals surface area contributed by atoms with Crippen LogP contribution >= 0.6 is 11.6 Å². The van der Waals surface area contributed by atoms with Gasteiger partial charge < -0.3 is 4.74 Å². The first-order valence-corrected chi connectivity index (χ1v) is 5.70. The molecular formula is C12H12ClNO3. The molecule has 0 aromatic heterocycles. The Morgan fingerprint density at radius 1 is 1.12 bits per heavy atom. The number of hydrogen-bond donors (Lipinski definition) is 0. The molecule has 0 atom stereocenters. The predicted octanol–water partition coefficient (Wildman–Crippen LogP) is 1.27. The molecule has 0 saturated carbocycles. The summed E-state index contributed by atoms with van der Waals surface area (Å²) in [5, 5.41) is 0.673. The number of ether oxygens (including phenoxy) is 1. The molecule has 5 heteroatoms. The molecule has 0 unspecified atom stereocenters. The molecule has 0 aliphatic carbocycles. The summed E-state index contributed by atoms with van der Waals surface area (Å²) < 4.78 is 4.83. The summed E-state index contributed by atoms with van der Waals surface area (Å²) in [6, 6.07) is 7.36. The van der Waals surface area contributed by atoms with Crippen LogP contribution in [0.2, 0.25) is 5.02 Å². The average Bonchev–Trinajstić information content (AvgIpc) is 2.31. The van der Waals surface area contributed by atoms with E-state index in [1.807, 2.05) is 12.1 Å². The van der Waals surface area contributed by atoms with Gasteiger partial charge in [-0.1, -0.05) is 23.7 Å². The van der Waals surface area contributed by atoms with Crippen molar-refractivity contribution < 1.29 is 14.3 Å². The van der Waals surface area contributed by atoms with Gasteiger partial charge in [-0.3, -0.25) is 14.5 Å². The largest absolute Gasteiger partial charge is 0.362 e. The van der Waals surface area contributed by atoms with Gasteiger partial charge in [0.2, 0.25) is 0 Å². The molecule has 0 N–H and O–H groups in total. The normalized spacial score (nSPS) is 16.4. The minimum atomic E-state index is -0.268. The van der Waals surface area contributed by atoms with Gasteiger partial charge in [-0.2, -0.15) is 0 Å². The van der Waals surface area contributed by atoms with Crippen LogP contribution in [-0.2, 0) is 20.7 Å². The van der Waals surface area contributed by atoms with Crippen molar-refractivity contribution in [3.05, 3.63) is 34.9 Å². The molecule has 1 aromatic rings. The molecule has 2 amide bonds. The fourth-order valence-corrected chi connectivity index (χ4v) is 1.79. The molecule has 4 nitrogen and oxygen atoms in total. The Morgan fingerprint density at radius 2 is 1.71 bits per heavy atom. The number of amides is 2. The third-order valence-corrected chi connectivity index (χ3v) is 2.84. The SMILES string of the molecule is O=C1COCC(=O)N1CCc1ccc(Cl)cc1. The Kier molecular flexibility index (Phi) is 3.76. The minimum Gasteiger partial charge on any atom is -0.362 e. The van der Waals surface area contributed by atoms with E-state index in [0.717, 1.165) is 5.56 Å². The summed E-state index contributed by atoms with van der Waals surface area (Å²) in [5.74, 6) is -0.537. The number of morpholine rings is 1. The van der Waals surface area contributed by atoms with E-state index >= 15 is 0 Å². The lowest BCUT2D eigenvalue weighted by molar-refractivity contribution is -0.158. The van der Waals surface area contributed by atoms with Gasteiger partial charge in [0.1, 0.15) is 13.2 Å². The van der Waals surface area contributed by atoms with Gasteiger partial charge in [-0.25, -0.2) is 0 Å². The average molecular weight is 254 g/mol. The third-order valence-electron chi connectivity index (χ3n) is 2.59. The van der Waals surface area contributed by atoms with Crippen LogP contribution in [-0.4, -0.2) is 36.5 Å². The van der Waals surface area contributed by atoms with Crippen LogP contribution in [0.4, 0.5) is 0 Å². The van der Waals surface area contributed by atoms with Crippen LogP contribution in [0.5, 0.6) is 0 Å². The van der Waals surface area contributed by atoms with Crippen molar-refractivity contribution in [3.63, 3.8) is 0 Å². The summed E-state index contributed by atoms with van der Waals surface area (Å²) in [6.07, 6.45) is 0.634. The standard InChI is InChI=1S/C12H12ClNO3/c13-10-3-1-9(2-4-10)5-6-14-11(15)7-17-8-12(14)16/h1-4H,5-8H2. The van der Waals surface area contributed by atoms with Gasteiger partial charge in [-0.05, 0) is 24.1 Å². The Labute approximate surface area is 104 Å². The quantitative estimate of drug-likeness (QED) is 0.762. The van der Waals surface area contributed by atoms with Gasteiger partial charge in [0, 0.05) is 11.6 Å². The van der Waals surface area contributed by atoms with E-state index in [1.165, 1.54) is 4.90 Å². The van der Waals surface area contributed by atoms with Crippen molar-refractivity contribution in [1.29, 1.82) is 0 Å². The molecule has 1 heterocycles. The summed E-state index contributed by atoms with van der Waals surface area (Å²) >= 11 is 5.77. The van der Waals surface area contributed by atoms with Gasteiger partial charge in [0.05, 0.1) is 0 Å². The van der Waals surface area contributed by atoms with Crippen molar-refractivity contribution in [2.45, 2.75) is 6.42 Å². The van der Waals surface area contributed by atoms with Crippen LogP contribution < -0.4 is 0 Å². The van der Waals surface area contributed by atoms with E-state index in [4.69, 9.17) is 16.3 Å². The van der Waals surface area contributed by atoms with Gasteiger partial charge in [0.15, 0.2) is 0 Å². The van der Waals surface area contributed by atoms with E-state index < -0.39 is 0 Å². The Morgan fingerprint density at radius 3 is 2.29 bits per heavy atom. The third kappa shape index (κ3) is 3.05. The number of benzene rings is 1. The summed E-state index contributed by atoms with van der Waals surface area (Å²) in [6.45, 7) is 0.376. The maximum Gasteiger partial charge on any atom is 0.255 e. The fourth-order valence-electron chi connectivity index (χ4n) is 1.66. The smallest absolute Gasteiger partial charge is 0.255 e. The molecule has 0 bridgehead atoms. The van der Waals surface area contributed by atoms with Crippen molar-refractivity contribution >= 4 is 23.4 Å². The molecule has 1 aromatic carbocycles. The topological polar surface area (TPSA) is 46.6 Å². The van der Waals surface area contributed by atoms with E-state index in [9.17, 15) is 9.59 Å². The van der Waals surface area contributed by atoms with Crippen molar-refractivity contribution in [2.75, 3.05) is 19.8 Å². The second kappa shape index (κ2) is 5.29. The summed E-state index contributed by atoms with van der Waals surface area (Å²) in [5.41, 5.74) is 1.04. The van der Waals surface area contributed by atoms with Crippen LogP contribution in [0.3, 0.4) is 0 Å². The Bertz CT molecular complexity index is 414. The number of carbonyl (C=O) groups is 2. The predicted molar refractivity (Wildman–Crippen MR) is 62.7 cm³/mol. The van der Waals surface area contributed by atoms with E-state index in [1.54, 1.807) is 12.1 Å². The van der Waals surface area contributed by atoms with E-state index in [-0.39, 0.29) is 25.0 Å². The Hall–Kier alpha value is -1.39. The zero-order chi connectivity index (χ0) is 12.3. The van der Waals surface area contributed by atoms with Gasteiger partial charge in [0.25, 0.3) is 11.8 Å². The van der Waals surface area contributed by atoms with Crippen LogP contribution in [0, 0.1) is 0 Å². The number of nitrogens with zero attached hydrogens (tertiary/aromatic N) is 1. The molecule has 1 aliphatic heterocycles. The first-order chi connectivity index (χ1) is 8.16. The maximum absolute atomic E-state index is 11.4. The van der Waals surface area contributed by atoms with Crippen LogP contribution in [0.1, 0.15) is 5.56 Å². The minimum absolute atomic E-state index is 0.00758. The van der Waals surface area contributed by atoms with Crippen molar-refractivity contribution in [1.82, 2.24) is 4.90 Å². The highest BCUT2D eigenvalue weighted by Crippen LogP contribution is 2.11. The number of imide groups is 1. The molecule has 1 aliphatic rings. The lowest BCUT2D eigenvalue weighted by atomic mass is 10.1. The van der Waals surface area contributed by atoms with Gasteiger partial charge in [-0.15, -0.1) is 0 Å². The highest BCUT2D eigenvalue weighted by atomic mass is 35.5. The Balaban J connectivity index is 1.95. The van der Waals surface area contributed by atoms with Crippen LogP contribution in [0.25, 0.3) is 0 Å². The number of halogens is 1. The number of hydrogen-bond acceptors (Lipinski definition) is 3. The number of carbonyl (C=O) groups excluding carboxylic acids is 2. The molecule has 17 heavy (non-hydrogen) atoms.